The Hall–Kier alpha value is -0.710. The fourth-order valence-corrected chi connectivity index (χ4v) is 3.48. The average molecular weight is 315 g/mol. The quantitative estimate of drug-likeness (QED) is 0.606. The number of thioether (sulfide) groups is 1. The Morgan fingerprint density at radius 3 is 2.57 bits per heavy atom. The van der Waals surface area contributed by atoms with Crippen molar-refractivity contribution in [2.24, 2.45) is 5.92 Å². The van der Waals surface area contributed by atoms with Crippen LogP contribution in [-0.2, 0) is 9.59 Å². The molecule has 1 rings (SSSR count). The molecule has 0 heterocycles. The Bertz CT molecular complexity index is 317. The molecule has 0 radical (unpaired) electrons. The lowest BCUT2D eigenvalue weighted by Gasteiger charge is -2.27. The van der Waals surface area contributed by atoms with Gasteiger partial charge < -0.3 is 10.4 Å². The maximum Gasteiger partial charge on any atom is 0.303 e. The van der Waals surface area contributed by atoms with Gasteiger partial charge in [-0.25, -0.2) is 0 Å². The minimum atomic E-state index is -0.778. The van der Waals surface area contributed by atoms with E-state index in [1.165, 1.54) is 32.1 Å². The Balaban J connectivity index is 2.38. The zero-order valence-electron chi connectivity index (χ0n) is 13.1. The molecular weight excluding hydrogens is 286 g/mol. The molecule has 0 aromatic rings. The highest BCUT2D eigenvalue weighted by Crippen LogP contribution is 2.28. The summed E-state index contributed by atoms with van der Waals surface area (Å²) in [6, 6.07) is 0.0333. The van der Waals surface area contributed by atoms with Crippen molar-refractivity contribution in [2.75, 3.05) is 12.0 Å². The van der Waals surface area contributed by atoms with Crippen LogP contribution in [0, 0.1) is 5.92 Å². The van der Waals surface area contributed by atoms with Crippen molar-refractivity contribution in [1.82, 2.24) is 5.32 Å². The van der Waals surface area contributed by atoms with Crippen molar-refractivity contribution >= 4 is 23.6 Å². The van der Waals surface area contributed by atoms with E-state index in [-0.39, 0.29) is 18.4 Å². The molecule has 0 aromatic heterocycles. The molecule has 0 aliphatic heterocycles. The van der Waals surface area contributed by atoms with Crippen LogP contribution in [0.2, 0.25) is 0 Å². The van der Waals surface area contributed by atoms with E-state index in [2.05, 4.69) is 5.32 Å². The number of hydrogen-bond donors (Lipinski definition) is 2. The Morgan fingerprint density at radius 1 is 1.24 bits per heavy atom. The molecule has 1 atom stereocenters. The van der Waals surface area contributed by atoms with Crippen LogP contribution in [-0.4, -0.2) is 35.0 Å². The second kappa shape index (κ2) is 10.9. The number of amides is 1. The van der Waals surface area contributed by atoms with Gasteiger partial charge in [-0.05, 0) is 37.2 Å². The molecule has 0 spiro atoms. The predicted molar refractivity (Wildman–Crippen MR) is 87.6 cm³/mol. The van der Waals surface area contributed by atoms with Crippen molar-refractivity contribution in [3.8, 4) is 0 Å². The van der Waals surface area contributed by atoms with Crippen LogP contribution in [0.25, 0.3) is 0 Å². The van der Waals surface area contributed by atoms with E-state index in [0.29, 0.717) is 18.8 Å². The first-order valence-electron chi connectivity index (χ1n) is 8.12. The molecule has 4 nitrogen and oxygen atoms in total. The molecule has 2 N–H and O–H groups in total. The molecule has 1 amide bonds. The zero-order valence-corrected chi connectivity index (χ0v) is 13.9. The van der Waals surface area contributed by atoms with E-state index in [9.17, 15) is 9.59 Å². The van der Waals surface area contributed by atoms with Gasteiger partial charge in [-0.1, -0.05) is 32.1 Å². The van der Waals surface area contributed by atoms with Crippen molar-refractivity contribution in [1.29, 1.82) is 0 Å². The van der Waals surface area contributed by atoms with Gasteiger partial charge in [-0.3, -0.25) is 9.59 Å². The maximum atomic E-state index is 11.9. The summed E-state index contributed by atoms with van der Waals surface area (Å²) in [6.07, 6.45) is 11.4. The number of rotatable bonds is 10. The molecule has 0 bridgehead atoms. The summed E-state index contributed by atoms with van der Waals surface area (Å²) < 4.78 is 0. The topological polar surface area (TPSA) is 66.4 Å². The summed E-state index contributed by atoms with van der Waals surface area (Å²) in [4.78, 5) is 22.7. The number of carboxylic acid groups (broad SMARTS) is 1. The SMILES string of the molecule is CSCCCC(=O)NC(CCC(=O)O)CC1CCCCC1. The van der Waals surface area contributed by atoms with Crippen LogP contribution in [0.5, 0.6) is 0 Å². The van der Waals surface area contributed by atoms with Gasteiger partial charge in [-0.2, -0.15) is 11.8 Å². The fraction of sp³-hybridized carbons (Fsp3) is 0.875. The minimum Gasteiger partial charge on any atom is -0.481 e. The van der Waals surface area contributed by atoms with Crippen LogP contribution in [0.15, 0.2) is 0 Å². The summed E-state index contributed by atoms with van der Waals surface area (Å²) >= 11 is 1.75. The van der Waals surface area contributed by atoms with Crippen molar-refractivity contribution in [3.05, 3.63) is 0 Å². The fourth-order valence-electron chi connectivity index (χ4n) is 3.05. The van der Waals surface area contributed by atoms with Crippen LogP contribution < -0.4 is 5.32 Å². The molecule has 5 heteroatoms. The lowest BCUT2D eigenvalue weighted by Crippen LogP contribution is -2.37. The van der Waals surface area contributed by atoms with Gasteiger partial charge in [0, 0.05) is 18.9 Å². The summed E-state index contributed by atoms with van der Waals surface area (Å²) in [5, 5.41) is 11.9. The zero-order chi connectivity index (χ0) is 15.5. The van der Waals surface area contributed by atoms with Crippen LogP contribution >= 0.6 is 11.8 Å². The highest BCUT2D eigenvalue weighted by Gasteiger charge is 2.21. The van der Waals surface area contributed by atoms with Gasteiger partial charge in [0.2, 0.25) is 5.91 Å². The monoisotopic (exact) mass is 315 g/mol. The van der Waals surface area contributed by atoms with Crippen LogP contribution in [0.3, 0.4) is 0 Å². The van der Waals surface area contributed by atoms with Crippen LogP contribution in [0.1, 0.15) is 64.2 Å². The predicted octanol–water partition coefficient (Wildman–Crippen LogP) is 3.45. The largest absolute Gasteiger partial charge is 0.481 e. The van der Waals surface area contributed by atoms with Gasteiger partial charge in [0.15, 0.2) is 0 Å². The third kappa shape index (κ3) is 9.02. The first kappa shape index (κ1) is 18.3. The smallest absolute Gasteiger partial charge is 0.303 e. The van der Waals surface area contributed by atoms with Crippen molar-refractivity contribution < 1.29 is 14.7 Å². The van der Waals surface area contributed by atoms with Gasteiger partial charge in [-0.15, -0.1) is 0 Å². The van der Waals surface area contributed by atoms with Crippen LogP contribution in [0.4, 0.5) is 0 Å². The molecule has 21 heavy (non-hydrogen) atoms. The van der Waals surface area contributed by atoms with E-state index in [1.807, 2.05) is 6.26 Å². The lowest BCUT2D eigenvalue weighted by molar-refractivity contribution is -0.137. The van der Waals surface area contributed by atoms with Gasteiger partial charge >= 0.3 is 5.97 Å². The first-order chi connectivity index (χ1) is 10.1. The van der Waals surface area contributed by atoms with E-state index >= 15 is 0 Å². The molecule has 0 saturated heterocycles. The van der Waals surface area contributed by atoms with Gasteiger partial charge in [0.25, 0.3) is 0 Å². The second-order valence-electron chi connectivity index (χ2n) is 6.03. The number of carboxylic acids is 1. The van der Waals surface area contributed by atoms with E-state index in [4.69, 9.17) is 5.11 Å². The third-order valence-electron chi connectivity index (χ3n) is 4.17. The number of carbonyl (C=O) groups excluding carboxylic acids is 1. The lowest BCUT2D eigenvalue weighted by atomic mass is 9.84. The average Bonchev–Trinajstić information content (AvgIpc) is 2.46. The van der Waals surface area contributed by atoms with E-state index < -0.39 is 5.97 Å². The molecule has 0 aromatic carbocycles. The second-order valence-corrected chi connectivity index (χ2v) is 7.02. The number of hydrogen-bond acceptors (Lipinski definition) is 3. The van der Waals surface area contributed by atoms with Gasteiger partial charge in [0.1, 0.15) is 0 Å². The summed E-state index contributed by atoms with van der Waals surface area (Å²) in [7, 11) is 0. The Labute approximate surface area is 132 Å². The summed E-state index contributed by atoms with van der Waals surface area (Å²) in [6.45, 7) is 0. The maximum absolute atomic E-state index is 11.9. The van der Waals surface area contributed by atoms with Gasteiger partial charge in [0.05, 0.1) is 0 Å². The van der Waals surface area contributed by atoms with E-state index in [1.54, 1.807) is 11.8 Å². The Kier molecular flexibility index (Phi) is 9.55. The van der Waals surface area contributed by atoms with E-state index in [0.717, 1.165) is 18.6 Å². The third-order valence-corrected chi connectivity index (χ3v) is 4.86. The molecule has 1 unspecified atom stereocenters. The highest BCUT2D eigenvalue weighted by atomic mass is 32.2. The molecule has 1 aliphatic rings. The first-order valence-corrected chi connectivity index (χ1v) is 9.51. The minimum absolute atomic E-state index is 0.0333. The highest BCUT2D eigenvalue weighted by molar-refractivity contribution is 7.98. The standard InChI is InChI=1S/C16H29NO3S/c1-21-11-5-8-15(18)17-14(9-10-16(19)20)12-13-6-3-2-4-7-13/h13-14H,2-12H2,1H3,(H,17,18)(H,19,20). The van der Waals surface area contributed by atoms with Crippen molar-refractivity contribution in [3.63, 3.8) is 0 Å². The summed E-state index contributed by atoms with van der Waals surface area (Å²) in [5.41, 5.74) is 0. The number of carbonyl (C=O) groups is 2. The Morgan fingerprint density at radius 2 is 1.95 bits per heavy atom. The number of nitrogens with one attached hydrogen (secondary N) is 1. The molecule has 122 valence electrons. The molecule has 1 fully saturated rings. The number of aliphatic carboxylic acids is 1. The van der Waals surface area contributed by atoms with Crippen molar-refractivity contribution in [2.45, 2.75) is 70.3 Å². The summed E-state index contributed by atoms with van der Waals surface area (Å²) in [5.74, 6) is 0.954. The normalized spacial score (nSPS) is 17.4. The molecular formula is C16H29NO3S. The molecule has 1 saturated carbocycles. The molecule has 1 aliphatic carbocycles.